The van der Waals surface area contributed by atoms with Gasteiger partial charge in [0.2, 0.25) is 0 Å². The molecule has 1 heterocycles. The van der Waals surface area contributed by atoms with E-state index in [1.54, 1.807) is 18.2 Å². The van der Waals surface area contributed by atoms with Gasteiger partial charge in [-0.25, -0.2) is 0 Å². The van der Waals surface area contributed by atoms with Gasteiger partial charge >= 0.3 is 5.97 Å². The molecule has 0 spiro atoms. The van der Waals surface area contributed by atoms with Crippen molar-refractivity contribution in [1.82, 2.24) is 0 Å². The summed E-state index contributed by atoms with van der Waals surface area (Å²) in [6.45, 7) is 0. The SMILES string of the molecule is O=C(O)CCC1=NS(=O)(=O)c2ccccc2N1. The van der Waals surface area contributed by atoms with Gasteiger partial charge in [-0.15, -0.1) is 4.40 Å². The molecule has 0 aromatic heterocycles. The second kappa shape index (κ2) is 4.17. The van der Waals surface area contributed by atoms with Crippen LogP contribution in [0.15, 0.2) is 33.6 Å². The Hall–Kier alpha value is -1.89. The van der Waals surface area contributed by atoms with Crippen LogP contribution in [0.25, 0.3) is 0 Å². The van der Waals surface area contributed by atoms with Gasteiger partial charge in [-0.3, -0.25) is 4.79 Å². The molecule has 1 aromatic rings. The van der Waals surface area contributed by atoms with Crippen LogP contribution in [0.4, 0.5) is 5.69 Å². The van der Waals surface area contributed by atoms with Crippen LogP contribution in [0.5, 0.6) is 0 Å². The van der Waals surface area contributed by atoms with E-state index in [2.05, 4.69) is 9.71 Å². The van der Waals surface area contributed by atoms with E-state index in [0.717, 1.165) is 0 Å². The highest BCUT2D eigenvalue weighted by atomic mass is 32.2. The fourth-order valence-corrected chi connectivity index (χ4v) is 2.67. The zero-order valence-corrected chi connectivity index (χ0v) is 9.57. The Morgan fingerprint density at radius 2 is 2.06 bits per heavy atom. The number of rotatable bonds is 3. The highest BCUT2D eigenvalue weighted by Gasteiger charge is 2.24. The third-order valence-electron chi connectivity index (χ3n) is 2.25. The van der Waals surface area contributed by atoms with Crippen LogP contribution in [0, 0.1) is 0 Å². The van der Waals surface area contributed by atoms with Gasteiger partial charge in [0, 0.05) is 6.42 Å². The number of aliphatic carboxylic acids is 1. The van der Waals surface area contributed by atoms with E-state index < -0.39 is 16.0 Å². The largest absolute Gasteiger partial charge is 0.481 e. The predicted octanol–water partition coefficient (Wildman–Crippen LogP) is 1.06. The number of amidine groups is 1. The summed E-state index contributed by atoms with van der Waals surface area (Å²) in [6, 6.07) is 6.37. The molecular weight excluding hydrogens is 244 g/mol. The van der Waals surface area contributed by atoms with Gasteiger partial charge in [0.25, 0.3) is 10.0 Å². The molecule has 2 N–H and O–H groups in total. The van der Waals surface area contributed by atoms with E-state index in [-0.39, 0.29) is 23.6 Å². The summed E-state index contributed by atoms with van der Waals surface area (Å²) >= 11 is 0. The molecule has 17 heavy (non-hydrogen) atoms. The van der Waals surface area contributed by atoms with Crippen molar-refractivity contribution in [3.63, 3.8) is 0 Å². The summed E-state index contributed by atoms with van der Waals surface area (Å²) in [5.74, 6) is -0.836. The van der Waals surface area contributed by atoms with Crippen LogP contribution in [0.2, 0.25) is 0 Å². The molecule has 0 amide bonds. The maximum absolute atomic E-state index is 11.8. The van der Waals surface area contributed by atoms with Crippen molar-refractivity contribution in [2.45, 2.75) is 17.7 Å². The fraction of sp³-hybridized carbons (Fsp3) is 0.200. The van der Waals surface area contributed by atoms with Gasteiger partial charge in [-0.1, -0.05) is 12.1 Å². The molecule has 1 aliphatic rings. The molecule has 6 nitrogen and oxygen atoms in total. The Bertz CT molecular complexity index is 592. The molecular formula is C10H10N2O4S. The first-order valence-electron chi connectivity index (χ1n) is 4.91. The van der Waals surface area contributed by atoms with Crippen molar-refractivity contribution in [2.24, 2.45) is 4.40 Å². The Morgan fingerprint density at radius 1 is 1.35 bits per heavy atom. The molecule has 0 atom stereocenters. The summed E-state index contributed by atoms with van der Waals surface area (Å²) in [5, 5.41) is 11.4. The van der Waals surface area contributed by atoms with Gasteiger partial charge in [0.1, 0.15) is 10.7 Å². The monoisotopic (exact) mass is 254 g/mol. The standard InChI is InChI=1S/C10H10N2O4S/c13-10(14)6-5-9-11-7-3-1-2-4-8(7)17(15,16)12-9/h1-4H,5-6H2,(H,11,12)(H,13,14). The topological polar surface area (TPSA) is 95.8 Å². The summed E-state index contributed by atoms with van der Waals surface area (Å²) in [7, 11) is -3.71. The average molecular weight is 254 g/mol. The third kappa shape index (κ3) is 2.44. The lowest BCUT2D eigenvalue weighted by atomic mass is 10.2. The average Bonchev–Trinajstić information content (AvgIpc) is 2.25. The summed E-state index contributed by atoms with van der Waals surface area (Å²) in [4.78, 5) is 10.5. The smallest absolute Gasteiger partial charge is 0.303 e. The second-order valence-corrected chi connectivity index (χ2v) is 5.10. The number of nitrogens with zero attached hydrogens (tertiary/aromatic N) is 1. The van der Waals surface area contributed by atoms with Crippen LogP contribution in [-0.4, -0.2) is 25.3 Å². The normalized spacial score (nSPS) is 16.6. The molecule has 0 unspecified atom stereocenters. The number of carboxylic acid groups (broad SMARTS) is 1. The second-order valence-electron chi connectivity index (χ2n) is 3.53. The van der Waals surface area contributed by atoms with E-state index in [0.29, 0.717) is 5.69 Å². The van der Waals surface area contributed by atoms with Crippen molar-refractivity contribution in [3.05, 3.63) is 24.3 Å². The molecule has 1 aliphatic heterocycles. The Morgan fingerprint density at radius 3 is 2.76 bits per heavy atom. The minimum Gasteiger partial charge on any atom is -0.481 e. The molecule has 0 fully saturated rings. The van der Waals surface area contributed by atoms with Crippen LogP contribution in [0.1, 0.15) is 12.8 Å². The van der Waals surface area contributed by atoms with Crippen LogP contribution < -0.4 is 5.32 Å². The Balaban J connectivity index is 2.32. The number of carboxylic acids is 1. The van der Waals surface area contributed by atoms with Gasteiger partial charge < -0.3 is 10.4 Å². The van der Waals surface area contributed by atoms with Crippen LogP contribution in [-0.2, 0) is 14.8 Å². The third-order valence-corrected chi connectivity index (χ3v) is 3.62. The fourth-order valence-electron chi connectivity index (χ4n) is 1.50. The minimum atomic E-state index is -3.71. The quantitative estimate of drug-likeness (QED) is 0.840. The summed E-state index contributed by atoms with van der Waals surface area (Å²) < 4.78 is 27.0. The lowest BCUT2D eigenvalue weighted by molar-refractivity contribution is -0.136. The van der Waals surface area contributed by atoms with E-state index in [4.69, 9.17) is 5.11 Å². The minimum absolute atomic E-state index is 0.0584. The number of nitrogens with one attached hydrogen (secondary N) is 1. The van der Waals surface area contributed by atoms with E-state index in [1.807, 2.05) is 0 Å². The first-order valence-corrected chi connectivity index (χ1v) is 6.35. The van der Waals surface area contributed by atoms with Gasteiger partial charge in [0.15, 0.2) is 0 Å². The lowest BCUT2D eigenvalue weighted by Crippen LogP contribution is -2.22. The van der Waals surface area contributed by atoms with Crippen LogP contribution >= 0.6 is 0 Å². The maximum Gasteiger partial charge on any atom is 0.303 e. The number of sulfonamides is 1. The maximum atomic E-state index is 11.8. The lowest BCUT2D eigenvalue weighted by Gasteiger charge is -2.17. The van der Waals surface area contributed by atoms with Gasteiger partial charge in [0.05, 0.1) is 12.1 Å². The zero-order valence-electron chi connectivity index (χ0n) is 8.75. The predicted molar refractivity (Wildman–Crippen MR) is 61.6 cm³/mol. The zero-order chi connectivity index (χ0) is 12.5. The van der Waals surface area contributed by atoms with E-state index in [1.165, 1.54) is 6.07 Å². The molecule has 0 bridgehead atoms. The number of para-hydroxylation sites is 1. The van der Waals surface area contributed by atoms with Gasteiger partial charge in [-0.05, 0) is 12.1 Å². The first-order chi connectivity index (χ1) is 7.99. The van der Waals surface area contributed by atoms with E-state index in [9.17, 15) is 13.2 Å². The Labute approximate surface area is 98.0 Å². The number of hydrogen-bond donors (Lipinski definition) is 2. The van der Waals surface area contributed by atoms with Gasteiger partial charge in [-0.2, -0.15) is 8.42 Å². The molecule has 2 rings (SSSR count). The highest BCUT2D eigenvalue weighted by Crippen LogP contribution is 2.27. The molecule has 7 heteroatoms. The highest BCUT2D eigenvalue weighted by molar-refractivity contribution is 7.90. The van der Waals surface area contributed by atoms with Crippen molar-refractivity contribution in [3.8, 4) is 0 Å². The number of hydrogen-bond acceptors (Lipinski definition) is 4. The molecule has 0 aliphatic carbocycles. The number of carbonyl (C=O) groups is 1. The van der Waals surface area contributed by atoms with Crippen molar-refractivity contribution in [1.29, 1.82) is 0 Å². The Kier molecular flexibility index (Phi) is 2.84. The molecule has 0 radical (unpaired) electrons. The molecule has 0 saturated carbocycles. The first kappa shape index (κ1) is 11.6. The molecule has 1 aromatic carbocycles. The van der Waals surface area contributed by atoms with E-state index >= 15 is 0 Å². The number of anilines is 1. The van der Waals surface area contributed by atoms with Crippen molar-refractivity contribution in [2.75, 3.05) is 5.32 Å². The number of fused-ring (bicyclic) bond motifs is 1. The summed E-state index contributed by atoms with van der Waals surface area (Å²) in [6.07, 6.45) is -0.105. The van der Waals surface area contributed by atoms with Crippen molar-refractivity contribution >= 4 is 27.5 Å². The summed E-state index contributed by atoms with van der Waals surface area (Å²) in [5.41, 5.74) is 0.433. The molecule has 0 saturated heterocycles. The van der Waals surface area contributed by atoms with Crippen molar-refractivity contribution < 1.29 is 18.3 Å². The number of benzene rings is 1. The van der Waals surface area contributed by atoms with Crippen LogP contribution in [0.3, 0.4) is 0 Å². The molecule has 90 valence electrons.